The van der Waals surface area contributed by atoms with E-state index in [9.17, 15) is 4.79 Å². The first-order valence-corrected chi connectivity index (χ1v) is 11.9. The van der Waals surface area contributed by atoms with E-state index in [1.165, 1.54) is 38.5 Å². The largest absolute Gasteiger partial charge is 0.373 e. The molecule has 0 radical (unpaired) electrons. The molecule has 1 aliphatic heterocycles. The topological polar surface area (TPSA) is 116 Å². The number of rotatable bonds is 8. The smallest absolute Gasteiger partial charge is 0.256 e. The number of anilines is 5. The van der Waals surface area contributed by atoms with Crippen molar-refractivity contribution in [3.8, 4) is 0 Å². The van der Waals surface area contributed by atoms with Crippen molar-refractivity contribution in [1.82, 2.24) is 25.6 Å². The number of benzene rings is 1. The number of hydrogen-bond donors (Lipinski definition) is 5. The van der Waals surface area contributed by atoms with Crippen molar-refractivity contribution in [3.63, 3.8) is 0 Å². The zero-order valence-corrected chi connectivity index (χ0v) is 20.5. The number of aromatic nitrogens is 3. The van der Waals surface area contributed by atoms with Crippen molar-refractivity contribution < 1.29 is 4.79 Å². The Morgan fingerprint density at radius 3 is 2.43 bits per heavy atom. The number of nitrogens with zero attached hydrogens (tertiary/aromatic N) is 3. The van der Waals surface area contributed by atoms with Gasteiger partial charge >= 0.3 is 0 Å². The Labute approximate surface area is 210 Å². The van der Waals surface area contributed by atoms with Gasteiger partial charge in [0, 0.05) is 30.5 Å². The summed E-state index contributed by atoms with van der Waals surface area (Å²) in [5.41, 5.74) is 1.05. The van der Waals surface area contributed by atoms with E-state index in [1.807, 2.05) is 12.1 Å². The van der Waals surface area contributed by atoms with Crippen LogP contribution >= 0.6 is 11.6 Å². The van der Waals surface area contributed by atoms with Gasteiger partial charge in [0.05, 0.1) is 0 Å². The number of piperidine rings is 1. The molecule has 3 heterocycles. The lowest BCUT2D eigenvalue weighted by molar-refractivity contribution is 0.0958. The van der Waals surface area contributed by atoms with Crippen LogP contribution in [0.1, 0.15) is 29.6 Å². The van der Waals surface area contributed by atoms with Crippen LogP contribution in [-0.4, -0.2) is 47.5 Å². The highest BCUT2D eigenvalue weighted by molar-refractivity contribution is 6.30. The summed E-state index contributed by atoms with van der Waals surface area (Å²) in [5, 5.41) is 15.8. The van der Waals surface area contributed by atoms with Gasteiger partial charge in [-0.1, -0.05) is 30.2 Å². The van der Waals surface area contributed by atoms with Crippen LogP contribution in [0.5, 0.6) is 0 Å². The predicted molar refractivity (Wildman–Crippen MR) is 143 cm³/mol. The van der Waals surface area contributed by atoms with Crippen molar-refractivity contribution >= 4 is 46.6 Å². The number of amides is 1. The molecule has 1 aliphatic rings. The Morgan fingerprint density at radius 2 is 1.80 bits per heavy atom. The standard InChI is InChI=1S/C20H20ClN7O.C5H11N/c1-3-11-23-19(29)15-12-24-20(25-14-9-7-13(21)8-10-14)28-18(15)27-17-6-4-5-16(22-2)26-17;1-2-4-6-5-3-1/h3-10,12H,1,11H2,2H3,(H,23,29)(H3,22,24,25,26,27,28);6H,1-5H2. The molecule has 0 spiro atoms. The molecule has 0 bridgehead atoms. The number of halogens is 1. The molecule has 0 unspecified atom stereocenters. The first-order chi connectivity index (χ1) is 17.1. The maximum Gasteiger partial charge on any atom is 0.256 e. The van der Waals surface area contributed by atoms with Gasteiger partial charge in [-0.3, -0.25) is 4.79 Å². The normalized spacial score (nSPS) is 12.5. The molecule has 3 aromatic rings. The van der Waals surface area contributed by atoms with Crippen LogP contribution in [-0.2, 0) is 0 Å². The highest BCUT2D eigenvalue weighted by Gasteiger charge is 2.15. The minimum atomic E-state index is -0.324. The van der Waals surface area contributed by atoms with Gasteiger partial charge in [0.2, 0.25) is 5.95 Å². The van der Waals surface area contributed by atoms with Crippen LogP contribution in [0.4, 0.5) is 29.1 Å². The Balaban J connectivity index is 0.000000497. The summed E-state index contributed by atoms with van der Waals surface area (Å²) in [7, 11) is 1.78. The summed E-state index contributed by atoms with van der Waals surface area (Å²) in [4.78, 5) is 25.6. The lowest BCUT2D eigenvalue weighted by atomic mass is 10.2. The summed E-state index contributed by atoms with van der Waals surface area (Å²) >= 11 is 5.92. The Hall–Kier alpha value is -3.69. The van der Waals surface area contributed by atoms with E-state index in [0.29, 0.717) is 35.0 Å². The monoisotopic (exact) mass is 494 g/mol. The SMILES string of the molecule is C1CCNCC1.C=CCNC(=O)c1cnc(Nc2ccc(Cl)cc2)nc1Nc1cccc(NC)n1. The Morgan fingerprint density at radius 1 is 1.06 bits per heavy atom. The quantitative estimate of drug-likeness (QED) is 0.285. The zero-order valence-electron chi connectivity index (χ0n) is 19.8. The fraction of sp³-hybridized carbons (Fsp3) is 0.280. The second-order valence-electron chi connectivity index (χ2n) is 7.68. The average Bonchev–Trinajstić information content (AvgIpc) is 2.90. The molecular formula is C25H31ClN8O. The minimum Gasteiger partial charge on any atom is -0.373 e. The number of carbonyl (C=O) groups is 1. The third kappa shape index (κ3) is 8.55. The highest BCUT2D eigenvalue weighted by Crippen LogP contribution is 2.22. The number of pyridine rings is 1. The van der Waals surface area contributed by atoms with Gasteiger partial charge in [-0.05, 0) is 62.3 Å². The van der Waals surface area contributed by atoms with Crippen LogP contribution in [0.25, 0.3) is 0 Å². The molecule has 5 N–H and O–H groups in total. The molecule has 9 nitrogen and oxygen atoms in total. The maximum absolute atomic E-state index is 12.5. The molecule has 4 rings (SSSR count). The number of hydrogen-bond acceptors (Lipinski definition) is 8. The third-order valence-corrected chi connectivity index (χ3v) is 5.25. The molecule has 2 aromatic heterocycles. The van der Waals surface area contributed by atoms with E-state index in [4.69, 9.17) is 11.6 Å². The fourth-order valence-corrected chi connectivity index (χ4v) is 3.32. The Kier molecular flexibility index (Phi) is 10.3. The van der Waals surface area contributed by atoms with Crippen LogP contribution in [0.15, 0.2) is 61.3 Å². The van der Waals surface area contributed by atoms with E-state index in [0.717, 1.165) is 5.69 Å². The van der Waals surface area contributed by atoms with Gasteiger partial charge < -0.3 is 26.6 Å². The van der Waals surface area contributed by atoms with Crippen molar-refractivity contribution in [2.24, 2.45) is 0 Å². The van der Waals surface area contributed by atoms with Crippen molar-refractivity contribution in [3.05, 3.63) is 71.9 Å². The summed E-state index contributed by atoms with van der Waals surface area (Å²) in [5.74, 6) is 1.53. The van der Waals surface area contributed by atoms with Gasteiger partial charge in [-0.2, -0.15) is 4.98 Å². The van der Waals surface area contributed by atoms with Crippen LogP contribution in [0, 0.1) is 0 Å². The van der Waals surface area contributed by atoms with Gasteiger partial charge in [0.25, 0.3) is 5.91 Å². The lowest BCUT2D eigenvalue weighted by Crippen LogP contribution is -2.25. The molecular weight excluding hydrogens is 464 g/mol. The minimum absolute atomic E-state index is 0.283. The van der Waals surface area contributed by atoms with Gasteiger partial charge in [0.15, 0.2) is 0 Å². The zero-order chi connectivity index (χ0) is 24.9. The van der Waals surface area contributed by atoms with E-state index >= 15 is 0 Å². The summed E-state index contributed by atoms with van der Waals surface area (Å²) in [6.07, 6.45) is 7.27. The first kappa shape index (κ1) is 25.9. The molecule has 1 saturated heterocycles. The average molecular weight is 495 g/mol. The van der Waals surface area contributed by atoms with Crippen LogP contribution in [0.2, 0.25) is 5.02 Å². The molecule has 35 heavy (non-hydrogen) atoms. The summed E-state index contributed by atoms with van der Waals surface area (Å²) in [6.45, 7) is 6.43. The number of nitrogens with one attached hydrogen (secondary N) is 5. The maximum atomic E-state index is 12.5. The molecule has 0 aliphatic carbocycles. The van der Waals surface area contributed by atoms with E-state index < -0.39 is 0 Å². The lowest BCUT2D eigenvalue weighted by Gasteiger charge is -2.13. The second kappa shape index (κ2) is 13.9. The molecule has 0 saturated carbocycles. The first-order valence-electron chi connectivity index (χ1n) is 11.5. The van der Waals surface area contributed by atoms with E-state index in [2.05, 4.69) is 48.1 Å². The third-order valence-electron chi connectivity index (χ3n) is 5.00. The fourth-order valence-electron chi connectivity index (χ4n) is 3.19. The van der Waals surface area contributed by atoms with E-state index in [-0.39, 0.29) is 11.5 Å². The van der Waals surface area contributed by atoms with E-state index in [1.54, 1.807) is 43.5 Å². The molecule has 0 atom stereocenters. The second-order valence-corrected chi connectivity index (χ2v) is 8.12. The van der Waals surface area contributed by atoms with Crippen LogP contribution in [0.3, 0.4) is 0 Å². The summed E-state index contributed by atoms with van der Waals surface area (Å²) < 4.78 is 0. The number of carbonyl (C=O) groups excluding carboxylic acids is 1. The van der Waals surface area contributed by atoms with Crippen molar-refractivity contribution in [2.45, 2.75) is 19.3 Å². The molecule has 1 amide bonds. The molecule has 1 fully saturated rings. The highest BCUT2D eigenvalue weighted by atomic mass is 35.5. The Bertz CT molecular complexity index is 1090. The molecule has 10 heteroatoms. The van der Waals surface area contributed by atoms with Crippen molar-refractivity contribution in [2.75, 3.05) is 42.6 Å². The van der Waals surface area contributed by atoms with Gasteiger partial charge in [0.1, 0.15) is 23.0 Å². The molecule has 184 valence electrons. The van der Waals surface area contributed by atoms with Gasteiger partial charge in [-0.25, -0.2) is 9.97 Å². The van der Waals surface area contributed by atoms with Crippen LogP contribution < -0.4 is 26.6 Å². The molecule has 1 aromatic carbocycles. The van der Waals surface area contributed by atoms with Gasteiger partial charge in [-0.15, -0.1) is 6.58 Å². The predicted octanol–water partition coefficient (Wildman–Crippen LogP) is 4.73. The van der Waals surface area contributed by atoms with Crippen molar-refractivity contribution in [1.29, 1.82) is 0 Å². The summed E-state index contributed by atoms with van der Waals surface area (Å²) in [6, 6.07) is 12.6.